The molecular weight excluding hydrogens is 226 g/mol. The highest BCUT2D eigenvalue weighted by molar-refractivity contribution is 5.34. The number of rotatable bonds is 5. The van der Waals surface area contributed by atoms with Crippen LogP contribution in [0.25, 0.3) is 0 Å². The van der Waals surface area contributed by atoms with Crippen LogP contribution < -0.4 is 10.1 Å². The molecule has 0 fully saturated rings. The van der Waals surface area contributed by atoms with Crippen LogP contribution in [0.15, 0.2) is 47.1 Å². The van der Waals surface area contributed by atoms with Crippen LogP contribution in [0.1, 0.15) is 31.2 Å². The zero-order valence-corrected chi connectivity index (χ0v) is 11.0. The topological polar surface area (TPSA) is 34.4 Å². The van der Waals surface area contributed by atoms with Gasteiger partial charge in [0.25, 0.3) is 0 Å². The Balaban J connectivity index is 2.26. The summed E-state index contributed by atoms with van der Waals surface area (Å²) in [4.78, 5) is 0. The van der Waals surface area contributed by atoms with Crippen LogP contribution in [0.2, 0.25) is 0 Å². The van der Waals surface area contributed by atoms with E-state index in [4.69, 9.17) is 9.15 Å². The number of furan rings is 1. The fourth-order valence-electron chi connectivity index (χ4n) is 1.97. The van der Waals surface area contributed by atoms with E-state index in [1.165, 1.54) is 0 Å². The molecule has 0 saturated heterocycles. The maximum atomic E-state index is 5.71. The predicted octanol–water partition coefficient (Wildman–Crippen LogP) is 3.38. The maximum Gasteiger partial charge on any atom is 0.125 e. The monoisotopic (exact) mass is 245 g/mol. The van der Waals surface area contributed by atoms with Crippen molar-refractivity contribution in [3.63, 3.8) is 0 Å². The summed E-state index contributed by atoms with van der Waals surface area (Å²) in [6.07, 6.45) is 1.87. The van der Waals surface area contributed by atoms with Gasteiger partial charge in [0.1, 0.15) is 11.5 Å². The van der Waals surface area contributed by atoms with Crippen molar-refractivity contribution < 1.29 is 9.15 Å². The van der Waals surface area contributed by atoms with E-state index in [0.29, 0.717) is 0 Å². The Morgan fingerprint density at radius 1 is 1.17 bits per heavy atom. The molecule has 3 heteroatoms. The van der Waals surface area contributed by atoms with Crippen molar-refractivity contribution in [3.05, 3.63) is 54.0 Å². The highest BCUT2D eigenvalue weighted by Crippen LogP contribution is 2.25. The Hall–Kier alpha value is -1.74. The van der Waals surface area contributed by atoms with E-state index >= 15 is 0 Å². The minimum Gasteiger partial charge on any atom is -0.491 e. The van der Waals surface area contributed by atoms with Crippen molar-refractivity contribution in [2.24, 2.45) is 0 Å². The Kier molecular flexibility index (Phi) is 4.05. The maximum absolute atomic E-state index is 5.71. The summed E-state index contributed by atoms with van der Waals surface area (Å²) in [5.74, 6) is 1.79. The lowest BCUT2D eigenvalue weighted by Gasteiger charge is -2.16. The molecule has 0 spiro atoms. The molecule has 1 unspecified atom stereocenters. The quantitative estimate of drug-likeness (QED) is 0.877. The third-order valence-corrected chi connectivity index (χ3v) is 2.68. The molecule has 1 N–H and O–H groups in total. The second-order valence-corrected chi connectivity index (χ2v) is 4.48. The molecule has 0 radical (unpaired) electrons. The largest absolute Gasteiger partial charge is 0.491 e. The van der Waals surface area contributed by atoms with Gasteiger partial charge in [-0.1, -0.05) is 12.1 Å². The van der Waals surface area contributed by atoms with Crippen LogP contribution in [0.5, 0.6) is 5.75 Å². The first-order valence-corrected chi connectivity index (χ1v) is 6.18. The van der Waals surface area contributed by atoms with Gasteiger partial charge in [0.05, 0.1) is 18.4 Å². The third kappa shape index (κ3) is 2.93. The first-order valence-electron chi connectivity index (χ1n) is 6.18. The first kappa shape index (κ1) is 12.7. The first-order chi connectivity index (χ1) is 8.70. The van der Waals surface area contributed by atoms with Crippen LogP contribution in [0.3, 0.4) is 0 Å². The van der Waals surface area contributed by atoms with E-state index < -0.39 is 0 Å². The average molecular weight is 245 g/mol. The van der Waals surface area contributed by atoms with Gasteiger partial charge in [-0.2, -0.15) is 0 Å². The van der Waals surface area contributed by atoms with Crippen LogP contribution in [-0.2, 0) is 0 Å². The molecule has 0 aliphatic carbocycles. The summed E-state index contributed by atoms with van der Waals surface area (Å²) in [6.45, 7) is 4.05. The van der Waals surface area contributed by atoms with Gasteiger partial charge in [-0.3, -0.25) is 0 Å². The van der Waals surface area contributed by atoms with E-state index in [-0.39, 0.29) is 12.1 Å². The summed E-state index contributed by atoms with van der Waals surface area (Å²) in [5.41, 5.74) is 1.13. The van der Waals surface area contributed by atoms with Crippen molar-refractivity contribution in [2.75, 3.05) is 7.05 Å². The number of nitrogens with one attached hydrogen (secondary N) is 1. The third-order valence-electron chi connectivity index (χ3n) is 2.68. The van der Waals surface area contributed by atoms with Crippen molar-refractivity contribution in [1.82, 2.24) is 5.32 Å². The molecule has 1 aromatic carbocycles. The minimum absolute atomic E-state index is 0.0516. The van der Waals surface area contributed by atoms with Crippen molar-refractivity contribution >= 4 is 0 Å². The number of hydrogen-bond donors (Lipinski definition) is 1. The fraction of sp³-hybridized carbons (Fsp3) is 0.333. The molecule has 3 nitrogen and oxygen atoms in total. The molecule has 0 aliphatic rings. The Morgan fingerprint density at radius 2 is 2.00 bits per heavy atom. The zero-order valence-electron chi connectivity index (χ0n) is 11.0. The molecule has 1 heterocycles. The van der Waals surface area contributed by atoms with Crippen LogP contribution in [0.4, 0.5) is 0 Å². The molecule has 2 aromatic rings. The van der Waals surface area contributed by atoms with E-state index in [9.17, 15) is 0 Å². The van der Waals surface area contributed by atoms with E-state index in [0.717, 1.165) is 17.1 Å². The molecular formula is C15H19NO2. The summed E-state index contributed by atoms with van der Waals surface area (Å²) in [5, 5.41) is 3.25. The molecule has 0 bridgehead atoms. The standard InChI is InChI=1S/C15H19NO2/c1-11(2)18-13-7-4-6-12(10-13)15(16-3)14-8-5-9-17-14/h4-11,15-16H,1-3H3. The summed E-state index contributed by atoms with van der Waals surface area (Å²) >= 11 is 0. The summed E-state index contributed by atoms with van der Waals surface area (Å²) in [7, 11) is 1.92. The lowest BCUT2D eigenvalue weighted by atomic mass is 10.0. The van der Waals surface area contributed by atoms with Crippen LogP contribution >= 0.6 is 0 Å². The highest BCUT2D eigenvalue weighted by Gasteiger charge is 2.15. The molecule has 0 saturated carbocycles. The zero-order chi connectivity index (χ0) is 13.0. The second-order valence-electron chi connectivity index (χ2n) is 4.48. The van der Waals surface area contributed by atoms with Gasteiger partial charge in [0.2, 0.25) is 0 Å². The molecule has 18 heavy (non-hydrogen) atoms. The molecule has 1 atom stereocenters. The van der Waals surface area contributed by atoms with Gasteiger partial charge >= 0.3 is 0 Å². The Morgan fingerprint density at radius 3 is 2.61 bits per heavy atom. The van der Waals surface area contributed by atoms with Gasteiger partial charge < -0.3 is 14.5 Å². The van der Waals surface area contributed by atoms with E-state index in [1.54, 1.807) is 6.26 Å². The Labute approximate surface area is 108 Å². The molecule has 96 valence electrons. The van der Waals surface area contributed by atoms with Gasteiger partial charge in [-0.15, -0.1) is 0 Å². The summed E-state index contributed by atoms with van der Waals surface area (Å²) < 4.78 is 11.2. The minimum atomic E-state index is 0.0516. The van der Waals surface area contributed by atoms with Crippen molar-refractivity contribution in [2.45, 2.75) is 26.0 Å². The second kappa shape index (κ2) is 5.74. The predicted molar refractivity (Wildman–Crippen MR) is 71.8 cm³/mol. The number of hydrogen-bond acceptors (Lipinski definition) is 3. The van der Waals surface area contributed by atoms with Crippen LogP contribution in [-0.4, -0.2) is 13.2 Å². The molecule has 0 aliphatic heterocycles. The van der Waals surface area contributed by atoms with Crippen LogP contribution in [0, 0.1) is 0 Å². The molecule has 1 aromatic heterocycles. The smallest absolute Gasteiger partial charge is 0.125 e. The highest BCUT2D eigenvalue weighted by atomic mass is 16.5. The fourth-order valence-corrected chi connectivity index (χ4v) is 1.97. The SMILES string of the molecule is CNC(c1cccc(OC(C)C)c1)c1ccco1. The lowest BCUT2D eigenvalue weighted by molar-refractivity contribution is 0.242. The Bertz CT molecular complexity index is 477. The van der Waals surface area contributed by atoms with E-state index in [1.807, 2.05) is 51.2 Å². The number of benzene rings is 1. The van der Waals surface area contributed by atoms with Gasteiger partial charge in [0.15, 0.2) is 0 Å². The van der Waals surface area contributed by atoms with Gasteiger partial charge in [-0.25, -0.2) is 0 Å². The van der Waals surface area contributed by atoms with Gasteiger partial charge in [-0.05, 0) is 50.7 Å². The average Bonchev–Trinajstić information content (AvgIpc) is 2.83. The number of ether oxygens (including phenoxy) is 1. The van der Waals surface area contributed by atoms with Crippen molar-refractivity contribution in [1.29, 1.82) is 0 Å². The molecule has 0 amide bonds. The van der Waals surface area contributed by atoms with Gasteiger partial charge in [0, 0.05) is 0 Å². The molecule has 2 rings (SSSR count). The van der Waals surface area contributed by atoms with E-state index in [2.05, 4.69) is 11.4 Å². The van der Waals surface area contributed by atoms with Crippen molar-refractivity contribution in [3.8, 4) is 5.75 Å². The summed E-state index contributed by atoms with van der Waals surface area (Å²) in [6, 6.07) is 12.0. The normalized spacial score (nSPS) is 12.7. The lowest BCUT2D eigenvalue weighted by Crippen LogP contribution is -2.17.